The number of nitrogens with two attached hydrogens (primary N) is 1. The zero-order valence-corrected chi connectivity index (χ0v) is 18.5. The van der Waals surface area contributed by atoms with Crippen LogP contribution in [0, 0.1) is 0 Å². The Labute approximate surface area is 184 Å². The third-order valence-electron chi connectivity index (χ3n) is 5.13. The van der Waals surface area contributed by atoms with Crippen LogP contribution in [0.25, 0.3) is 0 Å². The molecule has 2 heterocycles. The van der Waals surface area contributed by atoms with Crippen molar-refractivity contribution in [1.29, 1.82) is 0 Å². The van der Waals surface area contributed by atoms with Crippen molar-refractivity contribution in [2.24, 2.45) is 5.73 Å². The quantitative estimate of drug-likeness (QED) is 0.286. The summed E-state index contributed by atoms with van der Waals surface area (Å²) in [6, 6.07) is -3.57. The molecule has 1 aromatic rings. The summed E-state index contributed by atoms with van der Waals surface area (Å²) < 4.78 is 0. The maximum absolute atomic E-state index is 12.9. The fraction of sp³-hybridized carbons (Fsp3) is 0.632. The van der Waals surface area contributed by atoms with Crippen LogP contribution in [0.15, 0.2) is 12.5 Å². The minimum atomic E-state index is -1.06. The van der Waals surface area contributed by atoms with Gasteiger partial charge in [0, 0.05) is 24.9 Å². The lowest BCUT2D eigenvalue weighted by atomic mass is 10.1. The smallest absolute Gasteiger partial charge is 0.326 e. The first-order valence-electron chi connectivity index (χ1n) is 10.1. The van der Waals surface area contributed by atoms with Crippen LogP contribution in [-0.2, 0) is 25.6 Å². The van der Waals surface area contributed by atoms with E-state index >= 15 is 0 Å². The molecule has 0 bridgehead atoms. The third kappa shape index (κ3) is 6.96. The van der Waals surface area contributed by atoms with Gasteiger partial charge < -0.3 is 31.4 Å². The Morgan fingerprint density at radius 1 is 1.35 bits per heavy atom. The summed E-state index contributed by atoms with van der Waals surface area (Å²) in [6.45, 7) is 1.82. The van der Waals surface area contributed by atoms with Gasteiger partial charge >= 0.3 is 5.97 Å². The molecule has 1 aliphatic heterocycles. The Morgan fingerprint density at radius 3 is 2.71 bits per heavy atom. The van der Waals surface area contributed by atoms with E-state index in [2.05, 4.69) is 20.6 Å². The van der Waals surface area contributed by atoms with E-state index in [1.54, 1.807) is 11.8 Å². The van der Waals surface area contributed by atoms with Gasteiger partial charge in [-0.1, -0.05) is 0 Å². The van der Waals surface area contributed by atoms with E-state index in [0.717, 1.165) is 0 Å². The Bertz CT molecular complexity index is 774. The molecule has 12 heteroatoms. The fourth-order valence-electron chi connectivity index (χ4n) is 3.39. The van der Waals surface area contributed by atoms with Gasteiger partial charge in [-0.2, -0.15) is 11.8 Å². The first kappa shape index (κ1) is 24.7. The second kappa shape index (κ2) is 11.7. The van der Waals surface area contributed by atoms with Crippen LogP contribution in [0.2, 0.25) is 0 Å². The minimum absolute atomic E-state index is 0.134. The molecule has 0 saturated carbocycles. The summed E-state index contributed by atoms with van der Waals surface area (Å²) in [5, 5.41) is 14.5. The predicted octanol–water partition coefficient (Wildman–Crippen LogP) is -0.902. The number of likely N-dealkylation sites (tertiary alicyclic amines) is 1. The molecule has 4 atom stereocenters. The highest BCUT2D eigenvalue weighted by Crippen LogP contribution is 2.18. The summed E-state index contributed by atoms with van der Waals surface area (Å²) in [5.74, 6) is -1.85. The van der Waals surface area contributed by atoms with E-state index < -0.39 is 47.9 Å². The molecule has 3 amide bonds. The molecule has 1 fully saturated rings. The Hall–Kier alpha value is -2.60. The standard InChI is InChI=1S/C19H30N6O5S/c1-11(18(28)25-6-3-4-15(25)19(29)30)23-17(27)14(8-12-9-21-10-22-12)24-16(26)13(20)5-7-31-2/h9-11,13-15H,3-8,20H2,1-2H3,(H,21,22)(H,23,27)(H,24,26)(H,29,30). The maximum atomic E-state index is 12.9. The number of hydrogen-bond acceptors (Lipinski definition) is 7. The molecule has 11 nitrogen and oxygen atoms in total. The number of aromatic amines is 1. The molecule has 6 N–H and O–H groups in total. The number of carboxylic acid groups (broad SMARTS) is 1. The molecule has 0 aliphatic carbocycles. The van der Waals surface area contributed by atoms with Gasteiger partial charge in [-0.05, 0) is 38.2 Å². The van der Waals surface area contributed by atoms with Gasteiger partial charge in [-0.3, -0.25) is 14.4 Å². The number of amides is 3. The number of nitrogens with zero attached hydrogens (tertiary/aromatic N) is 2. The van der Waals surface area contributed by atoms with Gasteiger partial charge in [0.15, 0.2) is 0 Å². The Kier molecular flexibility index (Phi) is 9.31. The van der Waals surface area contributed by atoms with Crippen LogP contribution in [0.4, 0.5) is 0 Å². The van der Waals surface area contributed by atoms with E-state index in [-0.39, 0.29) is 6.42 Å². The molecule has 1 aliphatic rings. The number of carbonyl (C=O) groups excluding carboxylic acids is 3. The number of carboxylic acids is 1. The van der Waals surface area contributed by atoms with Crippen LogP contribution in [0.3, 0.4) is 0 Å². The Balaban J connectivity index is 2.04. The van der Waals surface area contributed by atoms with E-state index in [1.165, 1.54) is 24.3 Å². The van der Waals surface area contributed by atoms with Gasteiger partial charge in [0.05, 0.1) is 12.4 Å². The predicted molar refractivity (Wildman–Crippen MR) is 115 cm³/mol. The van der Waals surface area contributed by atoms with Gasteiger partial charge in [-0.15, -0.1) is 0 Å². The summed E-state index contributed by atoms with van der Waals surface area (Å²) in [6.07, 6.45) is 6.48. The van der Waals surface area contributed by atoms with Crippen molar-refractivity contribution in [3.63, 3.8) is 0 Å². The molecule has 2 rings (SSSR count). The average Bonchev–Trinajstić information content (AvgIpc) is 3.42. The van der Waals surface area contributed by atoms with Crippen molar-refractivity contribution in [1.82, 2.24) is 25.5 Å². The summed E-state index contributed by atoms with van der Waals surface area (Å²) in [7, 11) is 0. The van der Waals surface area contributed by atoms with Gasteiger partial charge in [-0.25, -0.2) is 9.78 Å². The number of rotatable bonds is 11. The van der Waals surface area contributed by atoms with Gasteiger partial charge in [0.25, 0.3) is 0 Å². The molecule has 0 aromatic carbocycles. The second-order valence-electron chi connectivity index (χ2n) is 7.49. The SMILES string of the molecule is CSCCC(N)C(=O)NC(Cc1cnc[nH]1)C(=O)NC(C)C(=O)N1CCCC1C(=O)O. The van der Waals surface area contributed by atoms with E-state index in [4.69, 9.17) is 5.73 Å². The van der Waals surface area contributed by atoms with Crippen molar-refractivity contribution in [3.05, 3.63) is 18.2 Å². The van der Waals surface area contributed by atoms with E-state index in [1.807, 2.05) is 6.26 Å². The maximum Gasteiger partial charge on any atom is 0.326 e. The topological polar surface area (TPSA) is 171 Å². The molecule has 0 spiro atoms. The molecule has 172 valence electrons. The summed E-state index contributed by atoms with van der Waals surface area (Å²) in [5.41, 5.74) is 6.53. The second-order valence-corrected chi connectivity index (χ2v) is 8.47. The number of thioether (sulfide) groups is 1. The molecule has 1 aromatic heterocycles. The molecular formula is C19H30N6O5S. The highest BCUT2D eigenvalue weighted by Gasteiger charge is 2.37. The zero-order valence-electron chi connectivity index (χ0n) is 17.7. The molecule has 1 saturated heterocycles. The van der Waals surface area contributed by atoms with Crippen molar-refractivity contribution in [3.8, 4) is 0 Å². The number of nitrogens with one attached hydrogen (secondary N) is 3. The minimum Gasteiger partial charge on any atom is -0.480 e. The first-order chi connectivity index (χ1) is 14.7. The largest absolute Gasteiger partial charge is 0.480 e. The van der Waals surface area contributed by atoms with Crippen LogP contribution in [-0.4, -0.2) is 86.4 Å². The van der Waals surface area contributed by atoms with Crippen molar-refractivity contribution in [2.75, 3.05) is 18.6 Å². The van der Waals surface area contributed by atoms with Crippen molar-refractivity contribution < 1.29 is 24.3 Å². The lowest BCUT2D eigenvalue weighted by Gasteiger charge is -2.27. The van der Waals surface area contributed by atoms with E-state index in [0.29, 0.717) is 37.3 Å². The van der Waals surface area contributed by atoms with Crippen molar-refractivity contribution >= 4 is 35.5 Å². The molecule has 0 radical (unpaired) electrons. The molecular weight excluding hydrogens is 424 g/mol. The normalized spacial score (nSPS) is 18.8. The average molecular weight is 455 g/mol. The lowest BCUT2D eigenvalue weighted by Crippen LogP contribution is -2.57. The third-order valence-corrected chi connectivity index (χ3v) is 5.78. The molecule has 4 unspecified atom stereocenters. The van der Waals surface area contributed by atoms with Crippen LogP contribution in [0.5, 0.6) is 0 Å². The molecule has 31 heavy (non-hydrogen) atoms. The van der Waals surface area contributed by atoms with Crippen LogP contribution >= 0.6 is 11.8 Å². The van der Waals surface area contributed by atoms with Gasteiger partial charge in [0.1, 0.15) is 18.1 Å². The highest BCUT2D eigenvalue weighted by molar-refractivity contribution is 7.98. The number of aromatic nitrogens is 2. The van der Waals surface area contributed by atoms with Crippen LogP contribution in [0.1, 0.15) is 31.9 Å². The number of H-pyrrole nitrogens is 1. The number of hydrogen-bond donors (Lipinski definition) is 5. The lowest BCUT2D eigenvalue weighted by molar-refractivity contribution is -0.149. The highest BCUT2D eigenvalue weighted by atomic mass is 32.2. The zero-order chi connectivity index (χ0) is 23.0. The van der Waals surface area contributed by atoms with E-state index in [9.17, 15) is 24.3 Å². The van der Waals surface area contributed by atoms with Crippen LogP contribution < -0.4 is 16.4 Å². The number of aliphatic carboxylic acids is 1. The van der Waals surface area contributed by atoms with Crippen molar-refractivity contribution in [2.45, 2.75) is 56.8 Å². The Morgan fingerprint density at radius 2 is 2.10 bits per heavy atom. The van der Waals surface area contributed by atoms with Gasteiger partial charge in [0.2, 0.25) is 17.7 Å². The monoisotopic (exact) mass is 454 g/mol. The number of imidazole rings is 1. The first-order valence-corrected chi connectivity index (χ1v) is 11.5. The summed E-state index contributed by atoms with van der Waals surface area (Å²) in [4.78, 5) is 57.5. The fourth-order valence-corrected chi connectivity index (χ4v) is 3.88. The number of carbonyl (C=O) groups is 4. The summed E-state index contributed by atoms with van der Waals surface area (Å²) >= 11 is 1.57.